The molecule has 4 rings (SSSR count). The molecule has 3 heterocycles. The van der Waals surface area contributed by atoms with Gasteiger partial charge in [-0.2, -0.15) is 0 Å². The number of hydrogen-bond donors (Lipinski definition) is 1. The van der Waals surface area contributed by atoms with Crippen LogP contribution in [0.1, 0.15) is 46.3 Å². The van der Waals surface area contributed by atoms with Gasteiger partial charge in [0, 0.05) is 49.3 Å². The smallest absolute Gasteiger partial charge is 0.273 e. The number of rotatable bonds is 3. The van der Waals surface area contributed by atoms with Crippen molar-refractivity contribution < 1.29 is 9.72 Å². The summed E-state index contributed by atoms with van der Waals surface area (Å²) in [6, 6.07) is 4.67. The Bertz CT molecular complexity index is 891. The van der Waals surface area contributed by atoms with Gasteiger partial charge in [-0.3, -0.25) is 14.9 Å². The number of fused-ring (bicyclic) bond motifs is 1. The van der Waals surface area contributed by atoms with Crippen molar-refractivity contribution in [1.29, 1.82) is 0 Å². The number of aromatic nitrogens is 3. The Labute approximate surface area is 168 Å². The summed E-state index contributed by atoms with van der Waals surface area (Å²) in [6.45, 7) is 5.41. The molecule has 1 N–H and O–H groups in total. The standard InChI is InChI=1S/C18H22N6O3.ClH/c1-12-14(3-2-4-15(12)24(26)27)18(25)22-8-5-13(6-9-22)17-21-20-16-11-19-7-10-23(16)17;/h2-4,13,19H,5-11H2,1H3;1H. The molecule has 1 aromatic carbocycles. The van der Waals surface area contributed by atoms with E-state index >= 15 is 0 Å². The van der Waals surface area contributed by atoms with E-state index in [0.717, 1.165) is 44.1 Å². The second kappa shape index (κ2) is 8.24. The van der Waals surface area contributed by atoms with Gasteiger partial charge in [0.1, 0.15) is 11.6 Å². The van der Waals surface area contributed by atoms with Crippen LogP contribution in [0.15, 0.2) is 18.2 Å². The van der Waals surface area contributed by atoms with Crippen molar-refractivity contribution in [3.05, 3.63) is 51.1 Å². The lowest BCUT2D eigenvalue weighted by atomic mass is 9.94. The predicted octanol–water partition coefficient (Wildman–Crippen LogP) is 2.04. The van der Waals surface area contributed by atoms with Crippen molar-refractivity contribution >= 4 is 24.0 Å². The number of amides is 1. The number of carbonyl (C=O) groups is 1. The predicted molar refractivity (Wildman–Crippen MR) is 105 cm³/mol. The molecule has 0 bridgehead atoms. The average molecular weight is 407 g/mol. The van der Waals surface area contributed by atoms with E-state index in [1.807, 2.05) is 0 Å². The zero-order valence-electron chi connectivity index (χ0n) is 15.6. The molecule has 1 fully saturated rings. The summed E-state index contributed by atoms with van der Waals surface area (Å²) >= 11 is 0. The molecule has 2 aromatic rings. The van der Waals surface area contributed by atoms with E-state index in [2.05, 4.69) is 20.1 Å². The fourth-order valence-corrected chi connectivity index (χ4v) is 3.98. The molecule has 2 aliphatic rings. The molecule has 10 heteroatoms. The number of nitro benzene ring substituents is 1. The molecular weight excluding hydrogens is 384 g/mol. The lowest BCUT2D eigenvalue weighted by molar-refractivity contribution is -0.385. The number of nitrogens with zero attached hydrogens (tertiary/aromatic N) is 5. The highest BCUT2D eigenvalue weighted by atomic mass is 35.5. The molecule has 0 aliphatic carbocycles. The van der Waals surface area contributed by atoms with Gasteiger partial charge in [-0.1, -0.05) is 6.07 Å². The Morgan fingerprint density at radius 3 is 2.71 bits per heavy atom. The molecule has 0 spiro atoms. The summed E-state index contributed by atoms with van der Waals surface area (Å²) in [6.07, 6.45) is 1.65. The van der Waals surface area contributed by atoms with Crippen LogP contribution < -0.4 is 5.32 Å². The van der Waals surface area contributed by atoms with Gasteiger partial charge >= 0.3 is 0 Å². The number of hydrogen-bond acceptors (Lipinski definition) is 6. The second-order valence-electron chi connectivity index (χ2n) is 7.08. The Morgan fingerprint density at radius 1 is 1.25 bits per heavy atom. The first-order chi connectivity index (χ1) is 13.1. The van der Waals surface area contributed by atoms with E-state index in [1.54, 1.807) is 24.0 Å². The highest BCUT2D eigenvalue weighted by molar-refractivity contribution is 5.96. The second-order valence-corrected chi connectivity index (χ2v) is 7.08. The van der Waals surface area contributed by atoms with Gasteiger partial charge in [-0.05, 0) is 25.8 Å². The van der Waals surface area contributed by atoms with Crippen LogP contribution >= 0.6 is 12.4 Å². The number of halogens is 1. The number of likely N-dealkylation sites (tertiary alicyclic amines) is 1. The summed E-state index contributed by atoms with van der Waals surface area (Å²) in [7, 11) is 0. The lowest BCUT2D eigenvalue weighted by Gasteiger charge is -2.32. The highest BCUT2D eigenvalue weighted by Crippen LogP contribution is 2.29. The molecule has 28 heavy (non-hydrogen) atoms. The van der Waals surface area contributed by atoms with Gasteiger partial charge in [-0.25, -0.2) is 0 Å². The van der Waals surface area contributed by atoms with Gasteiger partial charge < -0.3 is 14.8 Å². The van der Waals surface area contributed by atoms with E-state index in [4.69, 9.17) is 0 Å². The quantitative estimate of drug-likeness (QED) is 0.617. The molecule has 1 saturated heterocycles. The van der Waals surface area contributed by atoms with Crippen molar-refractivity contribution in [2.75, 3.05) is 19.6 Å². The molecule has 2 aliphatic heterocycles. The summed E-state index contributed by atoms with van der Waals surface area (Å²) in [5.74, 6) is 2.15. The summed E-state index contributed by atoms with van der Waals surface area (Å²) in [5.41, 5.74) is 0.821. The maximum absolute atomic E-state index is 12.9. The third-order valence-corrected chi connectivity index (χ3v) is 5.53. The van der Waals surface area contributed by atoms with E-state index in [-0.39, 0.29) is 24.0 Å². The van der Waals surface area contributed by atoms with Crippen molar-refractivity contribution in [2.24, 2.45) is 0 Å². The molecule has 1 aromatic heterocycles. The summed E-state index contributed by atoms with van der Waals surface area (Å²) in [4.78, 5) is 25.4. The lowest BCUT2D eigenvalue weighted by Crippen LogP contribution is -2.39. The third kappa shape index (κ3) is 3.59. The summed E-state index contributed by atoms with van der Waals surface area (Å²) in [5, 5.41) is 23.1. The number of nitro groups is 1. The van der Waals surface area contributed by atoms with Crippen molar-refractivity contribution in [3.63, 3.8) is 0 Å². The van der Waals surface area contributed by atoms with Crippen molar-refractivity contribution in [2.45, 2.75) is 38.8 Å². The minimum absolute atomic E-state index is 0. The van der Waals surface area contributed by atoms with E-state index < -0.39 is 4.92 Å². The van der Waals surface area contributed by atoms with Crippen LogP contribution in [-0.2, 0) is 13.1 Å². The zero-order valence-corrected chi connectivity index (χ0v) is 16.4. The number of nitrogens with one attached hydrogen (secondary N) is 1. The van der Waals surface area contributed by atoms with Gasteiger partial charge in [0.05, 0.1) is 11.5 Å². The number of piperidine rings is 1. The largest absolute Gasteiger partial charge is 0.339 e. The maximum Gasteiger partial charge on any atom is 0.273 e. The zero-order chi connectivity index (χ0) is 19.0. The van der Waals surface area contributed by atoms with Crippen LogP contribution in [0.2, 0.25) is 0 Å². The van der Waals surface area contributed by atoms with Crippen LogP contribution in [0.4, 0.5) is 5.69 Å². The number of benzene rings is 1. The Hall–Kier alpha value is -2.52. The average Bonchev–Trinajstić information content (AvgIpc) is 3.12. The van der Waals surface area contributed by atoms with E-state index in [1.165, 1.54) is 6.07 Å². The van der Waals surface area contributed by atoms with Crippen molar-refractivity contribution in [1.82, 2.24) is 25.0 Å². The first-order valence-corrected chi connectivity index (χ1v) is 9.22. The minimum Gasteiger partial charge on any atom is -0.339 e. The van der Waals surface area contributed by atoms with Crippen LogP contribution in [0.25, 0.3) is 0 Å². The molecule has 0 saturated carbocycles. The van der Waals surface area contributed by atoms with Gasteiger partial charge in [0.25, 0.3) is 11.6 Å². The maximum atomic E-state index is 12.9. The van der Waals surface area contributed by atoms with Crippen LogP contribution in [0, 0.1) is 17.0 Å². The van der Waals surface area contributed by atoms with Gasteiger partial charge in [0.2, 0.25) is 0 Å². The Balaban J connectivity index is 0.00000225. The van der Waals surface area contributed by atoms with E-state index in [9.17, 15) is 14.9 Å². The van der Waals surface area contributed by atoms with Crippen molar-refractivity contribution in [3.8, 4) is 0 Å². The minimum atomic E-state index is -0.443. The number of carbonyl (C=O) groups excluding carboxylic acids is 1. The Morgan fingerprint density at radius 2 is 2.00 bits per heavy atom. The first kappa shape index (κ1) is 20.2. The Kier molecular flexibility index (Phi) is 5.95. The van der Waals surface area contributed by atoms with Crippen LogP contribution in [0.5, 0.6) is 0 Å². The van der Waals surface area contributed by atoms with E-state index in [0.29, 0.717) is 30.1 Å². The molecule has 0 atom stereocenters. The fraction of sp³-hybridized carbons (Fsp3) is 0.500. The molecule has 1 amide bonds. The highest BCUT2D eigenvalue weighted by Gasteiger charge is 2.30. The molecule has 0 unspecified atom stereocenters. The normalized spacial score (nSPS) is 17.0. The molecule has 150 valence electrons. The molecule has 0 radical (unpaired) electrons. The van der Waals surface area contributed by atoms with Gasteiger partial charge in [-0.15, -0.1) is 22.6 Å². The fourth-order valence-electron chi connectivity index (χ4n) is 3.98. The molecular formula is C18H23ClN6O3. The molecule has 9 nitrogen and oxygen atoms in total. The third-order valence-electron chi connectivity index (χ3n) is 5.53. The van der Waals surface area contributed by atoms with Gasteiger partial charge in [0.15, 0.2) is 0 Å². The SMILES string of the molecule is Cc1c(C(=O)N2CCC(c3nnc4n3CCNC4)CC2)cccc1[N+](=O)[O-].Cl. The monoisotopic (exact) mass is 406 g/mol. The van der Waals surface area contributed by atoms with Crippen LogP contribution in [0.3, 0.4) is 0 Å². The first-order valence-electron chi connectivity index (χ1n) is 9.22. The topological polar surface area (TPSA) is 106 Å². The van der Waals surface area contributed by atoms with Crippen LogP contribution in [-0.4, -0.2) is 50.1 Å². The summed E-state index contributed by atoms with van der Waals surface area (Å²) < 4.78 is 2.20.